The van der Waals surface area contributed by atoms with Crippen LogP contribution in [0.5, 0.6) is 0 Å². The van der Waals surface area contributed by atoms with Crippen LogP contribution < -0.4 is 10.6 Å². The Morgan fingerprint density at radius 2 is 2.17 bits per heavy atom. The third-order valence-corrected chi connectivity index (χ3v) is 5.18. The van der Waals surface area contributed by atoms with Crippen molar-refractivity contribution >= 4 is 23.2 Å². The van der Waals surface area contributed by atoms with Gasteiger partial charge >= 0.3 is 0 Å². The zero-order valence-electron chi connectivity index (χ0n) is 14.8. The molecule has 6 nitrogen and oxygen atoms in total. The molecule has 0 spiro atoms. The van der Waals surface area contributed by atoms with Crippen LogP contribution in [0.2, 0.25) is 0 Å². The summed E-state index contributed by atoms with van der Waals surface area (Å²) in [5, 5.41) is 6.67. The summed E-state index contributed by atoms with van der Waals surface area (Å²) in [5.74, 6) is 1.18. The molecule has 1 aromatic rings. The molecule has 2 N–H and O–H groups in total. The van der Waals surface area contributed by atoms with Gasteiger partial charge in [-0.25, -0.2) is 4.99 Å². The number of amides is 1. The van der Waals surface area contributed by atoms with Crippen molar-refractivity contribution in [3.8, 4) is 0 Å². The van der Waals surface area contributed by atoms with Gasteiger partial charge in [-0.2, -0.15) is 0 Å². The summed E-state index contributed by atoms with van der Waals surface area (Å²) < 4.78 is 5.40. The van der Waals surface area contributed by atoms with Gasteiger partial charge in [-0.05, 0) is 25.0 Å². The number of nitrogens with zero attached hydrogens (tertiary/aromatic N) is 2. The highest BCUT2D eigenvalue weighted by Crippen LogP contribution is 2.16. The molecular weight excluding hydrogens is 324 g/mol. The number of carbonyl (C=O) groups is 1. The molecular formula is C17H28N4O2S. The Bertz CT molecular complexity index is 551. The van der Waals surface area contributed by atoms with E-state index in [1.54, 1.807) is 19.0 Å². The molecule has 0 aromatic carbocycles. The molecule has 1 saturated heterocycles. The molecule has 2 heterocycles. The van der Waals surface area contributed by atoms with Gasteiger partial charge < -0.3 is 20.3 Å². The van der Waals surface area contributed by atoms with Gasteiger partial charge in [-0.3, -0.25) is 4.79 Å². The second kappa shape index (κ2) is 9.64. The van der Waals surface area contributed by atoms with Crippen molar-refractivity contribution < 1.29 is 9.53 Å². The molecule has 1 aliphatic heterocycles. The van der Waals surface area contributed by atoms with E-state index in [1.165, 1.54) is 9.75 Å². The lowest BCUT2D eigenvalue weighted by Gasteiger charge is -2.15. The van der Waals surface area contributed by atoms with E-state index in [-0.39, 0.29) is 12.5 Å². The van der Waals surface area contributed by atoms with Gasteiger partial charge in [0.25, 0.3) is 0 Å². The molecule has 0 aliphatic carbocycles. The molecule has 1 unspecified atom stereocenters. The second-order valence-electron chi connectivity index (χ2n) is 6.14. The monoisotopic (exact) mass is 352 g/mol. The van der Waals surface area contributed by atoms with Crippen molar-refractivity contribution in [3.05, 3.63) is 21.9 Å². The third kappa shape index (κ3) is 6.13. The van der Waals surface area contributed by atoms with Gasteiger partial charge in [0.15, 0.2) is 5.96 Å². The molecule has 24 heavy (non-hydrogen) atoms. The maximum Gasteiger partial charge on any atom is 0.243 e. The van der Waals surface area contributed by atoms with Crippen LogP contribution in [0.15, 0.2) is 17.1 Å². The summed E-state index contributed by atoms with van der Waals surface area (Å²) in [6.07, 6.45) is 2.13. The predicted molar refractivity (Wildman–Crippen MR) is 98.5 cm³/mol. The van der Waals surface area contributed by atoms with Crippen molar-refractivity contribution in [1.82, 2.24) is 15.5 Å². The first-order valence-electron chi connectivity index (χ1n) is 8.46. The summed E-state index contributed by atoms with van der Waals surface area (Å²) in [7, 11) is 3.48. The van der Waals surface area contributed by atoms with Gasteiger partial charge in [0, 0.05) is 42.9 Å². The molecule has 0 radical (unpaired) electrons. The highest BCUT2D eigenvalue weighted by Gasteiger charge is 2.16. The molecule has 1 aliphatic rings. The fourth-order valence-corrected chi connectivity index (χ4v) is 3.22. The standard InChI is InChI=1S/C17H28N4O2S/c1-4-14-5-6-15(24-14)10-19-17(20-11-16(22)21(2)3)18-9-13-7-8-23-12-13/h5-6,13H,4,7-12H2,1-3H3,(H2,18,19,20). The molecule has 2 rings (SSSR count). The van der Waals surface area contributed by atoms with Gasteiger partial charge in [0.2, 0.25) is 5.91 Å². The Morgan fingerprint density at radius 3 is 2.79 bits per heavy atom. The lowest BCUT2D eigenvalue weighted by Crippen LogP contribution is -2.40. The Morgan fingerprint density at radius 1 is 1.38 bits per heavy atom. The van der Waals surface area contributed by atoms with E-state index in [0.29, 0.717) is 18.4 Å². The van der Waals surface area contributed by atoms with E-state index >= 15 is 0 Å². The highest BCUT2D eigenvalue weighted by molar-refractivity contribution is 7.11. The fourth-order valence-electron chi connectivity index (χ4n) is 2.33. The van der Waals surface area contributed by atoms with Gasteiger partial charge in [-0.1, -0.05) is 6.92 Å². The Kier molecular flexibility index (Phi) is 7.52. The van der Waals surface area contributed by atoms with E-state index in [9.17, 15) is 4.79 Å². The predicted octanol–water partition coefficient (Wildman–Crippen LogP) is 1.47. The molecule has 0 saturated carbocycles. The van der Waals surface area contributed by atoms with E-state index in [0.717, 1.165) is 32.6 Å². The first-order valence-corrected chi connectivity index (χ1v) is 9.27. The van der Waals surface area contributed by atoms with Crippen LogP contribution >= 0.6 is 11.3 Å². The molecule has 134 valence electrons. The van der Waals surface area contributed by atoms with Crippen LogP contribution in [0.25, 0.3) is 0 Å². The number of ether oxygens (including phenoxy) is 1. The molecule has 7 heteroatoms. The van der Waals surface area contributed by atoms with E-state index < -0.39 is 0 Å². The maximum absolute atomic E-state index is 11.8. The van der Waals surface area contributed by atoms with Crippen molar-refractivity contribution in [2.45, 2.75) is 26.3 Å². The zero-order valence-corrected chi connectivity index (χ0v) is 15.6. The van der Waals surface area contributed by atoms with Crippen LogP contribution in [0, 0.1) is 5.92 Å². The van der Waals surface area contributed by atoms with Crippen molar-refractivity contribution in [3.63, 3.8) is 0 Å². The number of carbonyl (C=O) groups excluding carboxylic acids is 1. The molecule has 1 atom stereocenters. The quantitative estimate of drug-likeness (QED) is 0.576. The Hall–Kier alpha value is -1.60. The minimum absolute atomic E-state index is 0.00954. The zero-order chi connectivity index (χ0) is 17.4. The maximum atomic E-state index is 11.8. The van der Waals surface area contributed by atoms with E-state index in [2.05, 4.69) is 34.7 Å². The van der Waals surface area contributed by atoms with Crippen LogP contribution in [-0.4, -0.2) is 57.2 Å². The minimum Gasteiger partial charge on any atom is -0.381 e. The first-order chi connectivity index (χ1) is 11.6. The Balaban J connectivity index is 1.89. The summed E-state index contributed by atoms with van der Waals surface area (Å²) in [4.78, 5) is 20.4. The van der Waals surface area contributed by atoms with Crippen LogP contribution in [0.1, 0.15) is 23.1 Å². The van der Waals surface area contributed by atoms with Gasteiger partial charge in [0.1, 0.15) is 6.54 Å². The van der Waals surface area contributed by atoms with Crippen molar-refractivity contribution in [2.75, 3.05) is 40.4 Å². The second-order valence-corrected chi connectivity index (χ2v) is 7.39. The molecule has 1 aromatic heterocycles. The highest BCUT2D eigenvalue weighted by atomic mass is 32.1. The lowest BCUT2D eigenvalue weighted by atomic mass is 10.1. The number of aliphatic imine (C=N–C) groups is 1. The van der Waals surface area contributed by atoms with Crippen LogP contribution in [-0.2, 0) is 22.5 Å². The number of hydrogen-bond donors (Lipinski definition) is 2. The smallest absolute Gasteiger partial charge is 0.243 e. The fraction of sp³-hybridized carbons (Fsp3) is 0.647. The third-order valence-electron chi connectivity index (χ3n) is 3.95. The van der Waals surface area contributed by atoms with Gasteiger partial charge in [0.05, 0.1) is 13.2 Å². The summed E-state index contributed by atoms with van der Waals surface area (Å²) in [6.45, 7) is 5.46. The topological polar surface area (TPSA) is 66.0 Å². The van der Waals surface area contributed by atoms with Crippen LogP contribution in [0.4, 0.5) is 0 Å². The molecule has 1 amide bonds. The summed E-state index contributed by atoms with van der Waals surface area (Å²) >= 11 is 1.81. The number of likely N-dealkylation sites (N-methyl/N-ethyl adjacent to an activating group) is 1. The first kappa shape index (κ1) is 18.7. The number of guanidine groups is 1. The van der Waals surface area contributed by atoms with Crippen LogP contribution in [0.3, 0.4) is 0 Å². The SMILES string of the molecule is CCc1ccc(CNC(=NCC(=O)N(C)C)NCC2CCOC2)s1. The average Bonchev–Trinajstić information content (AvgIpc) is 3.25. The molecule has 0 bridgehead atoms. The number of nitrogens with one attached hydrogen (secondary N) is 2. The molecule has 1 fully saturated rings. The number of thiophene rings is 1. The number of aryl methyl sites for hydroxylation is 1. The van der Waals surface area contributed by atoms with E-state index in [1.807, 2.05) is 11.3 Å². The van der Waals surface area contributed by atoms with Crippen molar-refractivity contribution in [2.24, 2.45) is 10.9 Å². The summed E-state index contributed by atoms with van der Waals surface area (Å²) in [5.41, 5.74) is 0. The lowest BCUT2D eigenvalue weighted by molar-refractivity contribution is -0.127. The van der Waals surface area contributed by atoms with Crippen molar-refractivity contribution in [1.29, 1.82) is 0 Å². The largest absolute Gasteiger partial charge is 0.381 e. The number of hydrogen-bond acceptors (Lipinski definition) is 4. The summed E-state index contributed by atoms with van der Waals surface area (Å²) in [6, 6.07) is 4.31. The Labute approximate surface area is 148 Å². The normalized spacial score (nSPS) is 17.8. The average molecular weight is 353 g/mol. The minimum atomic E-state index is -0.00954. The van der Waals surface area contributed by atoms with Gasteiger partial charge in [-0.15, -0.1) is 11.3 Å². The number of rotatable bonds is 7. The van der Waals surface area contributed by atoms with E-state index in [4.69, 9.17) is 4.74 Å².